The third-order valence-corrected chi connectivity index (χ3v) is 3.14. The van der Waals surface area contributed by atoms with Crippen molar-refractivity contribution >= 4 is 29.2 Å². The van der Waals surface area contributed by atoms with Crippen LogP contribution in [-0.4, -0.2) is 27.4 Å². The summed E-state index contributed by atoms with van der Waals surface area (Å²) in [5, 5.41) is 22.0. The van der Waals surface area contributed by atoms with Crippen molar-refractivity contribution in [3.8, 4) is 0 Å². The number of nitrogens with zero attached hydrogens (tertiary/aromatic N) is 1. The molecule has 0 spiro atoms. The summed E-state index contributed by atoms with van der Waals surface area (Å²) in [5.41, 5.74) is -1.01. The molecule has 1 aromatic rings. The number of amides is 1. The van der Waals surface area contributed by atoms with Gasteiger partial charge in [0.05, 0.1) is 4.92 Å². The van der Waals surface area contributed by atoms with E-state index in [1.165, 1.54) is 12.1 Å². The fraction of sp³-hybridized carbons (Fsp3) is 0.385. The highest BCUT2D eigenvalue weighted by atomic mass is 35.5. The average Bonchev–Trinajstić information content (AvgIpc) is 2.36. The van der Waals surface area contributed by atoms with Crippen LogP contribution in [0.3, 0.4) is 0 Å². The summed E-state index contributed by atoms with van der Waals surface area (Å²) in [6, 6.07) is 3.74. The summed E-state index contributed by atoms with van der Waals surface area (Å²) in [6.45, 7) is 3.36. The minimum absolute atomic E-state index is 0.0540. The van der Waals surface area contributed by atoms with Crippen molar-refractivity contribution in [2.75, 3.05) is 0 Å². The molecule has 0 bridgehead atoms. The van der Waals surface area contributed by atoms with E-state index in [0.717, 1.165) is 6.07 Å². The van der Waals surface area contributed by atoms with Gasteiger partial charge in [-0.15, -0.1) is 0 Å². The van der Waals surface area contributed by atoms with E-state index in [1.54, 1.807) is 13.8 Å². The molecule has 0 radical (unpaired) electrons. The lowest BCUT2D eigenvalue weighted by Crippen LogP contribution is -2.43. The predicted octanol–water partition coefficient (Wildman–Crippen LogP) is 2.62. The quantitative estimate of drug-likeness (QED) is 0.619. The van der Waals surface area contributed by atoms with E-state index in [4.69, 9.17) is 16.7 Å². The smallest absolute Gasteiger partial charge is 0.303 e. The molecule has 7 nitrogen and oxygen atoms in total. The summed E-state index contributed by atoms with van der Waals surface area (Å²) in [7, 11) is 0. The Morgan fingerprint density at radius 3 is 2.57 bits per heavy atom. The van der Waals surface area contributed by atoms with Crippen molar-refractivity contribution in [2.24, 2.45) is 0 Å². The molecule has 0 unspecified atom stereocenters. The van der Waals surface area contributed by atoms with Crippen LogP contribution in [0.5, 0.6) is 0 Å². The molecule has 8 heteroatoms. The van der Waals surface area contributed by atoms with E-state index in [2.05, 4.69) is 5.32 Å². The van der Waals surface area contributed by atoms with Crippen LogP contribution in [0.15, 0.2) is 18.2 Å². The monoisotopic (exact) mass is 314 g/mol. The number of halogens is 1. The molecule has 2 N–H and O–H groups in total. The van der Waals surface area contributed by atoms with E-state index in [0.29, 0.717) is 0 Å². The van der Waals surface area contributed by atoms with Gasteiger partial charge in [-0.2, -0.15) is 0 Å². The van der Waals surface area contributed by atoms with Crippen LogP contribution in [0, 0.1) is 10.1 Å². The molecule has 0 heterocycles. The number of hydrogen-bond donors (Lipinski definition) is 2. The number of carbonyl (C=O) groups excluding carboxylic acids is 1. The van der Waals surface area contributed by atoms with Gasteiger partial charge in [-0.25, -0.2) is 0 Å². The van der Waals surface area contributed by atoms with Gasteiger partial charge in [-0.1, -0.05) is 11.6 Å². The first-order valence-corrected chi connectivity index (χ1v) is 6.48. The number of nitrogens with one attached hydrogen (secondary N) is 1. The molecule has 0 aliphatic rings. The van der Waals surface area contributed by atoms with E-state index < -0.39 is 22.3 Å². The number of aliphatic carboxylic acids is 1. The Morgan fingerprint density at radius 2 is 2.05 bits per heavy atom. The largest absolute Gasteiger partial charge is 0.481 e. The second kappa shape index (κ2) is 6.53. The topological polar surface area (TPSA) is 110 Å². The first-order chi connectivity index (χ1) is 9.62. The van der Waals surface area contributed by atoms with Crippen molar-refractivity contribution < 1.29 is 19.6 Å². The summed E-state index contributed by atoms with van der Waals surface area (Å²) in [6.07, 6.45) is 0.151. The van der Waals surface area contributed by atoms with Crippen LogP contribution in [-0.2, 0) is 4.79 Å². The lowest BCUT2D eigenvalue weighted by atomic mass is 9.97. The molecular formula is C13H15ClN2O5. The van der Waals surface area contributed by atoms with Crippen LogP contribution in [0.4, 0.5) is 5.69 Å². The highest BCUT2D eigenvalue weighted by Crippen LogP contribution is 2.25. The zero-order valence-corrected chi connectivity index (χ0v) is 12.3. The van der Waals surface area contributed by atoms with Crippen LogP contribution in [0.2, 0.25) is 5.02 Å². The molecule has 0 aliphatic carbocycles. The predicted molar refractivity (Wildman–Crippen MR) is 76.5 cm³/mol. The summed E-state index contributed by atoms with van der Waals surface area (Å²) in [4.78, 5) is 32.7. The Balaban J connectivity index is 2.87. The minimum atomic E-state index is -0.959. The molecule has 1 amide bonds. The highest BCUT2D eigenvalue weighted by molar-refractivity contribution is 6.32. The molecule has 0 fully saturated rings. The van der Waals surface area contributed by atoms with Crippen molar-refractivity contribution in [1.82, 2.24) is 5.32 Å². The molecule has 21 heavy (non-hydrogen) atoms. The number of hydrogen-bond acceptors (Lipinski definition) is 4. The normalized spacial score (nSPS) is 11.0. The SMILES string of the molecule is CC(C)(CCC(=O)O)NC(=O)c1ccc(Cl)c([N+](=O)[O-])c1. The molecule has 1 aromatic carbocycles. The van der Waals surface area contributed by atoms with Gasteiger partial charge in [0.2, 0.25) is 0 Å². The summed E-state index contributed by atoms with van der Waals surface area (Å²) in [5.74, 6) is -1.48. The number of benzene rings is 1. The van der Waals surface area contributed by atoms with Crippen LogP contribution < -0.4 is 5.32 Å². The molecule has 0 atom stereocenters. The number of carboxylic acids is 1. The van der Waals surface area contributed by atoms with Gasteiger partial charge in [0.15, 0.2) is 0 Å². The Morgan fingerprint density at radius 1 is 1.43 bits per heavy atom. The first-order valence-electron chi connectivity index (χ1n) is 6.10. The molecule has 0 saturated carbocycles. The van der Waals surface area contributed by atoms with Gasteiger partial charge in [0, 0.05) is 23.6 Å². The standard InChI is InChI=1S/C13H15ClN2O5/c1-13(2,6-5-11(17)18)15-12(19)8-3-4-9(14)10(7-8)16(20)21/h3-4,7H,5-6H2,1-2H3,(H,15,19)(H,17,18). The maximum atomic E-state index is 12.1. The molecule has 0 aliphatic heterocycles. The van der Waals surface area contributed by atoms with Gasteiger partial charge in [-0.3, -0.25) is 19.7 Å². The summed E-state index contributed by atoms with van der Waals surface area (Å²) < 4.78 is 0. The fourth-order valence-electron chi connectivity index (χ4n) is 1.66. The number of rotatable bonds is 6. The van der Waals surface area contributed by atoms with Gasteiger partial charge in [-0.05, 0) is 32.4 Å². The summed E-state index contributed by atoms with van der Waals surface area (Å²) >= 11 is 5.67. The number of carboxylic acid groups (broad SMARTS) is 1. The molecule has 114 valence electrons. The zero-order chi connectivity index (χ0) is 16.2. The van der Waals surface area contributed by atoms with E-state index >= 15 is 0 Å². The van der Waals surface area contributed by atoms with Gasteiger partial charge in [0.25, 0.3) is 11.6 Å². The lowest BCUT2D eigenvalue weighted by Gasteiger charge is -2.25. The Labute approximate surface area is 126 Å². The minimum Gasteiger partial charge on any atom is -0.481 e. The van der Waals surface area contributed by atoms with Crippen LogP contribution in [0.25, 0.3) is 0 Å². The Hall–Kier alpha value is -2.15. The Bertz CT molecular complexity index is 586. The average molecular weight is 315 g/mol. The van der Waals surface area contributed by atoms with Crippen LogP contribution in [0.1, 0.15) is 37.0 Å². The van der Waals surface area contributed by atoms with E-state index in [9.17, 15) is 19.7 Å². The highest BCUT2D eigenvalue weighted by Gasteiger charge is 2.23. The van der Waals surface area contributed by atoms with Gasteiger partial charge >= 0.3 is 5.97 Å². The van der Waals surface area contributed by atoms with E-state index in [1.807, 2.05) is 0 Å². The second-order valence-electron chi connectivity index (χ2n) is 5.16. The molecule has 1 rings (SSSR count). The van der Waals surface area contributed by atoms with E-state index in [-0.39, 0.29) is 29.1 Å². The fourth-order valence-corrected chi connectivity index (χ4v) is 1.84. The van der Waals surface area contributed by atoms with Crippen LogP contribution >= 0.6 is 11.6 Å². The van der Waals surface area contributed by atoms with Crippen molar-refractivity contribution in [3.63, 3.8) is 0 Å². The van der Waals surface area contributed by atoms with Crippen molar-refractivity contribution in [1.29, 1.82) is 0 Å². The van der Waals surface area contributed by atoms with Gasteiger partial charge in [0.1, 0.15) is 5.02 Å². The third-order valence-electron chi connectivity index (χ3n) is 2.82. The second-order valence-corrected chi connectivity index (χ2v) is 5.56. The molecule has 0 saturated heterocycles. The maximum absolute atomic E-state index is 12.1. The maximum Gasteiger partial charge on any atom is 0.303 e. The molecule has 0 aromatic heterocycles. The lowest BCUT2D eigenvalue weighted by molar-refractivity contribution is -0.384. The van der Waals surface area contributed by atoms with Crippen molar-refractivity contribution in [2.45, 2.75) is 32.2 Å². The zero-order valence-electron chi connectivity index (χ0n) is 11.6. The number of nitro groups is 1. The number of carbonyl (C=O) groups is 2. The third kappa shape index (κ3) is 5.03. The van der Waals surface area contributed by atoms with Crippen molar-refractivity contribution in [3.05, 3.63) is 38.9 Å². The molecular weight excluding hydrogens is 300 g/mol. The van der Waals surface area contributed by atoms with Gasteiger partial charge < -0.3 is 10.4 Å². The first kappa shape index (κ1) is 16.9. The number of nitro benzene ring substituents is 1. The Kier molecular flexibility index (Phi) is 5.26.